The van der Waals surface area contributed by atoms with Crippen LogP contribution in [0.4, 0.5) is 10.6 Å². The smallest absolute Gasteiger partial charge is 0.323 e. The zero-order chi connectivity index (χ0) is 24.8. The highest BCUT2D eigenvalue weighted by molar-refractivity contribution is 5.89. The third-order valence-corrected chi connectivity index (χ3v) is 6.29. The first-order chi connectivity index (χ1) is 16.9. The molecule has 2 aromatic carbocycles. The molecular formula is C28H33N3O4. The molecule has 35 heavy (non-hydrogen) atoms. The molecule has 3 aromatic rings. The standard InChI is InChI=1S/C28H33N3O4/c1-19-7-5-9-25(15-19)33-13-14-34-26-10-6-8-23(17-26)16-24-11-12-31(18-20(24)2)28(32)29-27-21(3)22(4)35-30-27/h5-10,15-17,20H,11-14,18H2,1-4H3,(H,29,30,32). The van der Waals surface area contributed by atoms with Gasteiger partial charge in [-0.1, -0.05) is 48.0 Å². The maximum Gasteiger partial charge on any atom is 0.323 e. The summed E-state index contributed by atoms with van der Waals surface area (Å²) in [6, 6.07) is 15.9. The van der Waals surface area contributed by atoms with Crippen molar-refractivity contribution in [3.8, 4) is 11.5 Å². The molecule has 0 saturated carbocycles. The van der Waals surface area contributed by atoms with Crippen LogP contribution in [0.5, 0.6) is 11.5 Å². The molecule has 1 aromatic heterocycles. The molecule has 7 heteroatoms. The predicted octanol–water partition coefficient (Wildman–Crippen LogP) is 6.01. The number of aromatic nitrogens is 1. The van der Waals surface area contributed by atoms with E-state index >= 15 is 0 Å². The van der Waals surface area contributed by atoms with Gasteiger partial charge in [0.25, 0.3) is 0 Å². The van der Waals surface area contributed by atoms with Crippen molar-refractivity contribution in [2.45, 2.75) is 34.1 Å². The Bertz CT molecular complexity index is 1200. The van der Waals surface area contributed by atoms with Crippen LogP contribution in [0, 0.1) is 26.7 Å². The van der Waals surface area contributed by atoms with Gasteiger partial charge in [-0.05, 0) is 68.5 Å². The van der Waals surface area contributed by atoms with Gasteiger partial charge in [-0.15, -0.1) is 0 Å². The number of amides is 2. The summed E-state index contributed by atoms with van der Waals surface area (Å²) in [6.07, 6.45) is 3.03. The average molecular weight is 476 g/mol. The summed E-state index contributed by atoms with van der Waals surface area (Å²) in [5, 5.41) is 6.80. The van der Waals surface area contributed by atoms with Crippen LogP contribution in [0.3, 0.4) is 0 Å². The van der Waals surface area contributed by atoms with Crippen LogP contribution in [-0.2, 0) is 0 Å². The maximum absolute atomic E-state index is 12.7. The summed E-state index contributed by atoms with van der Waals surface area (Å²) >= 11 is 0. The number of likely N-dealkylation sites (tertiary alicyclic amines) is 1. The molecule has 1 atom stereocenters. The quantitative estimate of drug-likeness (QED) is 0.423. The van der Waals surface area contributed by atoms with Crippen LogP contribution in [0.25, 0.3) is 6.08 Å². The number of piperidine rings is 1. The van der Waals surface area contributed by atoms with E-state index in [2.05, 4.69) is 29.5 Å². The number of nitrogens with one attached hydrogen (secondary N) is 1. The van der Waals surface area contributed by atoms with Crippen LogP contribution < -0.4 is 14.8 Å². The van der Waals surface area contributed by atoms with Crippen LogP contribution in [0.15, 0.2) is 58.6 Å². The predicted molar refractivity (Wildman–Crippen MR) is 137 cm³/mol. The molecular weight excluding hydrogens is 442 g/mol. The summed E-state index contributed by atoms with van der Waals surface area (Å²) in [4.78, 5) is 14.5. The third kappa shape index (κ3) is 6.44. The number of carbonyl (C=O) groups excluding carboxylic acids is 1. The minimum absolute atomic E-state index is 0.143. The Hall–Kier alpha value is -3.74. The minimum Gasteiger partial charge on any atom is -0.490 e. The molecule has 1 N–H and O–H groups in total. The molecule has 4 rings (SSSR count). The van der Waals surface area contributed by atoms with E-state index in [9.17, 15) is 4.79 Å². The number of ether oxygens (including phenoxy) is 2. The van der Waals surface area contributed by atoms with Gasteiger partial charge in [-0.25, -0.2) is 4.79 Å². The van der Waals surface area contributed by atoms with Crippen molar-refractivity contribution in [3.63, 3.8) is 0 Å². The van der Waals surface area contributed by atoms with Gasteiger partial charge in [0.15, 0.2) is 5.82 Å². The van der Waals surface area contributed by atoms with Gasteiger partial charge in [-0.2, -0.15) is 0 Å². The molecule has 1 aliphatic rings. The normalized spacial score (nSPS) is 16.9. The zero-order valence-corrected chi connectivity index (χ0v) is 20.8. The number of carbonyl (C=O) groups is 1. The van der Waals surface area contributed by atoms with Crippen LogP contribution in [0.2, 0.25) is 0 Å². The van der Waals surface area contributed by atoms with Crippen LogP contribution in [0.1, 0.15) is 35.8 Å². The molecule has 2 amide bonds. The molecule has 0 radical (unpaired) electrons. The summed E-state index contributed by atoms with van der Waals surface area (Å²) in [5.41, 5.74) is 4.44. The highest BCUT2D eigenvalue weighted by Gasteiger charge is 2.25. The Balaban J connectivity index is 1.29. The summed E-state index contributed by atoms with van der Waals surface area (Å²) in [7, 11) is 0. The number of benzene rings is 2. The molecule has 1 saturated heterocycles. The molecule has 1 aliphatic heterocycles. The molecule has 1 unspecified atom stereocenters. The fourth-order valence-electron chi connectivity index (χ4n) is 4.10. The van der Waals surface area contributed by atoms with Crippen LogP contribution in [-0.4, -0.2) is 42.4 Å². The maximum atomic E-state index is 12.7. The van der Waals surface area contributed by atoms with Gasteiger partial charge in [0.05, 0.1) is 0 Å². The van der Waals surface area contributed by atoms with E-state index in [4.69, 9.17) is 14.0 Å². The summed E-state index contributed by atoms with van der Waals surface area (Å²) in [6.45, 7) is 10.2. The Morgan fingerprint density at radius 2 is 1.83 bits per heavy atom. The van der Waals surface area contributed by atoms with E-state index in [1.54, 1.807) is 0 Å². The van der Waals surface area contributed by atoms with Gasteiger partial charge in [-0.3, -0.25) is 5.32 Å². The molecule has 1 fully saturated rings. The number of aryl methyl sites for hydroxylation is 2. The molecule has 0 bridgehead atoms. The van der Waals surface area contributed by atoms with Crippen molar-refractivity contribution in [1.82, 2.24) is 10.1 Å². The Morgan fingerprint density at radius 1 is 1.11 bits per heavy atom. The number of hydrogen-bond donors (Lipinski definition) is 1. The van der Waals surface area contributed by atoms with Crippen LogP contribution >= 0.6 is 0 Å². The molecule has 0 aliphatic carbocycles. The van der Waals surface area contributed by atoms with E-state index in [0.717, 1.165) is 29.0 Å². The van der Waals surface area contributed by atoms with E-state index in [-0.39, 0.29) is 11.9 Å². The average Bonchev–Trinajstić information content (AvgIpc) is 3.15. The number of anilines is 1. The lowest BCUT2D eigenvalue weighted by Gasteiger charge is -2.33. The second-order valence-electron chi connectivity index (χ2n) is 9.04. The minimum atomic E-state index is -0.143. The Labute approximate surface area is 206 Å². The van der Waals surface area contributed by atoms with E-state index in [1.807, 2.05) is 68.1 Å². The van der Waals surface area contributed by atoms with E-state index in [1.165, 1.54) is 11.1 Å². The lowest BCUT2D eigenvalue weighted by atomic mass is 9.91. The Morgan fingerprint density at radius 3 is 2.49 bits per heavy atom. The second kappa shape index (κ2) is 11.1. The molecule has 184 valence electrons. The van der Waals surface area contributed by atoms with Gasteiger partial charge >= 0.3 is 6.03 Å². The first kappa shape index (κ1) is 24.4. The van der Waals surface area contributed by atoms with Gasteiger partial charge in [0.2, 0.25) is 0 Å². The number of hydrogen-bond acceptors (Lipinski definition) is 5. The fourth-order valence-corrected chi connectivity index (χ4v) is 4.10. The van der Waals surface area contributed by atoms with Crippen molar-refractivity contribution in [1.29, 1.82) is 0 Å². The van der Waals surface area contributed by atoms with Crippen molar-refractivity contribution in [2.75, 3.05) is 31.6 Å². The van der Waals surface area contributed by atoms with Crippen molar-refractivity contribution < 1.29 is 18.8 Å². The monoisotopic (exact) mass is 475 g/mol. The summed E-state index contributed by atoms with van der Waals surface area (Å²) < 4.78 is 16.8. The first-order valence-corrected chi connectivity index (χ1v) is 12.0. The number of nitrogens with zero attached hydrogens (tertiary/aromatic N) is 2. The fraction of sp³-hybridized carbons (Fsp3) is 0.357. The Kier molecular flexibility index (Phi) is 7.75. The molecule has 0 spiro atoms. The lowest BCUT2D eigenvalue weighted by molar-refractivity contribution is 0.197. The van der Waals surface area contributed by atoms with Gasteiger partial charge < -0.3 is 18.9 Å². The first-order valence-electron chi connectivity index (χ1n) is 12.0. The highest BCUT2D eigenvalue weighted by atomic mass is 16.5. The molecule has 2 heterocycles. The van der Waals surface area contributed by atoms with E-state index < -0.39 is 0 Å². The van der Waals surface area contributed by atoms with Gasteiger partial charge in [0.1, 0.15) is 30.5 Å². The van der Waals surface area contributed by atoms with Gasteiger partial charge in [0, 0.05) is 18.7 Å². The van der Waals surface area contributed by atoms with Crippen molar-refractivity contribution in [2.24, 2.45) is 5.92 Å². The number of rotatable bonds is 7. The lowest BCUT2D eigenvalue weighted by Crippen LogP contribution is -2.42. The van der Waals surface area contributed by atoms with Crippen molar-refractivity contribution >= 4 is 17.9 Å². The summed E-state index contributed by atoms with van der Waals surface area (Å²) in [5.74, 6) is 3.12. The molecule has 7 nitrogen and oxygen atoms in total. The second-order valence-corrected chi connectivity index (χ2v) is 9.04. The topological polar surface area (TPSA) is 76.8 Å². The van der Waals surface area contributed by atoms with E-state index in [0.29, 0.717) is 37.9 Å². The largest absolute Gasteiger partial charge is 0.490 e. The zero-order valence-electron chi connectivity index (χ0n) is 20.8. The third-order valence-electron chi connectivity index (χ3n) is 6.29. The highest BCUT2D eigenvalue weighted by Crippen LogP contribution is 2.27. The SMILES string of the molecule is Cc1cccc(OCCOc2cccc(C=C3CCN(C(=O)Nc4noc(C)c4C)CC3C)c2)c1. The van der Waals surface area contributed by atoms with Crippen molar-refractivity contribution in [3.05, 3.63) is 76.6 Å². The number of urea groups is 1.